The molecule has 0 spiro atoms. The molecule has 2 heterocycles. The highest BCUT2D eigenvalue weighted by atomic mass is 16.4. The van der Waals surface area contributed by atoms with E-state index in [4.69, 9.17) is 0 Å². The van der Waals surface area contributed by atoms with Gasteiger partial charge in [-0.15, -0.1) is 0 Å². The second kappa shape index (κ2) is 6.35. The highest BCUT2D eigenvalue weighted by Crippen LogP contribution is 2.40. The number of rotatable bonds is 3. The summed E-state index contributed by atoms with van der Waals surface area (Å²) in [6, 6.07) is 8.88. The molecule has 1 amide bonds. The van der Waals surface area contributed by atoms with E-state index in [2.05, 4.69) is 5.10 Å². The van der Waals surface area contributed by atoms with Gasteiger partial charge >= 0.3 is 5.97 Å². The van der Waals surface area contributed by atoms with E-state index in [1.54, 1.807) is 15.8 Å². The fourth-order valence-electron chi connectivity index (χ4n) is 4.28. The number of hydrogen-bond donors (Lipinski definition) is 1. The van der Waals surface area contributed by atoms with Crippen molar-refractivity contribution in [2.45, 2.75) is 44.2 Å². The van der Waals surface area contributed by atoms with Crippen molar-refractivity contribution >= 4 is 11.9 Å². The molecule has 1 aliphatic heterocycles. The second-order valence-electron chi connectivity index (χ2n) is 6.92. The van der Waals surface area contributed by atoms with Crippen LogP contribution in [0.25, 0.3) is 5.69 Å². The van der Waals surface area contributed by atoms with Crippen LogP contribution in [0.1, 0.15) is 42.5 Å². The van der Waals surface area contributed by atoms with Crippen molar-refractivity contribution < 1.29 is 14.7 Å². The Morgan fingerprint density at radius 3 is 2.64 bits per heavy atom. The van der Waals surface area contributed by atoms with Crippen molar-refractivity contribution in [2.75, 3.05) is 0 Å². The van der Waals surface area contributed by atoms with E-state index in [-0.39, 0.29) is 11.9 Å². The largest absolute Gasteiger partial charge is 0.480 e. The maximum Gasteiger partial charge on any atom is 0.326 e. The van der Waals surface area contributed by atoms with Crippen molar-refractivity contribution in [3.8, 4) is 5.69 Å². The number of fused-ring (bicyclic) bond motifs is 1. The summed E-state index contributed by atoms with van der Waals surface area (Å²) in [5.74, 6) is -0.815. The van der Waals surface area contributed by atoms with Gasteiger partial charge in [-0.05, 0) is 37.3 Å². The van der Waals surface area contributed by atoms with Crippen LogP contribution in [-0.2, 0) is 4.79 Å². The molecule has 1 N–H and O–H groups in total. The summed E-state index contributed by atoms with van der Waals surface area (Å²) in [4.78, 5) is 26.4. The first-order chi connectivity index (χ1) is 12.1. The Balaban J connectivity index is 1.63. The van der Waals surface area contributed by atoms with Gasteiger partial charge in [0.2, 0.25) is 0 Å². The summed E-state index contributed by atoms with van der Waals surface area (Å²) < 4.78 is 1.65. The zero-order chi connectivity index (χ0) is 17.4. The van der Waals surface area contributed by atoms with Crippen molar-refractivity contribution in [1.29, 1.82) is 0 Å². The number of nitrogens with zero attached hydrogens (tertiary/aromatic N) is 3. The minimum Gasteiger partial charge on any atom is -0.480 e. The molecule has 1 aromatic heterocycles. The molecule has 0 bridgehead atoms. The van der Waals surface area contributed by atoms with Crippen LogP contribution in [0.15, 0.2) is 42.7 Å². The van der Waals surface area contributed by atoms with E-state index in [9.17, 15) is 14.7 Å². The predicted octanol–water partition coefficient (Wildman–Crippen LogP) is 2.73. The fourth-order valence-corrected chi connectivity index (χ4v) is 4.28. The van der Waals surface area contributed by atoms with Crippen LogP contribution >= 0.6 is 0 Å². The van der Waals surface area contributed by atoms with E-state index >= 15 is 0 Å². The van der Waals surface area contributed by atoms with Gasteiger partial charge in [0.05, 0.1) is 17.4 Å². The highest BCUT2D eigenvalue weighted by Gasteiger charge is 2.47. The molecule has 1 aliphatic carbocycles. The average molecular weight is 339 g/mol. The van der Waals surface area contributed by atoms with E-state index in [1.165, 1.54) is 6.20 Å². The zero-order valence-corrected chi connectivity index (χ0v) is 13.9. The van der Waals surface area contributed by atoms with Crippen LogP contribution in [0.4, 0.5) is 0 Å². The number of para-hydroxylation sites is 1. The minimum atomic E-state index is -0.904. The smallest absolute Gasteiger partial charge is 0.326 e. The molecule has 130 valence electrons. The highest BCUT2D eigenvalue weighted by molar-refractivity contribution is 5.97. The van der Waals surface area contributed by atoms with Gasteiger partial charge in [-0.1, -0.05) is 31.0 Å². The van der Waals surface area contributed by atoms with Gasteiger partial charge in [-0.25, -0.2) is 9.48 Å². The third-order valence-corrected chi connectivity index (χ3v) is 5.46. The molecule has 1 aromatic carbocycles. The Labute approximate surface area is 146 Å². The van der Waals surface area contributed by atoms with E-state index in [1.807, 2.05) is 30.3 Å². The summed E-state index contributed by atoms with van der Waals surface area (Å²) in [6.45, 7) is 0. The first-order valence-corrected chi connectivity index (χ1v) is 8.80. The van der Waals surface area contributed by atoms with Gasteiger partial charge in [-0.3, -0.25) is 4.79 Å². The van der Waals surface area contributed by atoms with Gasteiger partial charge in [0.25, 0.3) is 5.91 Å². The third-order valence-electron chi connectivity index (χ3n) is 5.46. The number of carbonyl (C=O) groups is 2. The van der Waals surface area contributed by atoms with Crippen LogP contribution in [-0.4, -0.2) is 43.7 Å². The van der Waals surface area contributed by atoms with E-state index in [0.717, 1.165) is 31.4 Å². The Kier molecular flexibility index (Phi) is 4.03. The lowest BCUT2D eigenvalue weighted by Gasteiger charge is -2.32. The number of aliphatic carboxylic acids is 1. The number of carbonyl (C=O) groups excluding carboxylic acids is 1. The first-order valence-electron chi connectivity index (χ1n) is 8.80. The number of carboxylic acids is 1. The Hall–Kier alpha value is -2.63. The first kappa shape index (κ1) is 15.9. The molecule has 25 heavy (non-hydrogen) atoms. The van der Waals surface area contributed by atoms with Gasteiger partial charge in [0.1, 0.15) is 6.04 Å². The summed E-state index contributed by atoms with van der Waals surface area (Å²) >= 11 is 0. The molecule has 1 saturated heterocycles. The lowest BCUT2D eigenvalue weighted by molar-refractivity contribution is -0.141. The minimum absolute atomic E-state index is 0.0439. The van der Waals surface area contributed by atoms with Gasteiger partial charge < -0.3 is 10.0 Å². The third kappa shape index (κ3) is 2.81. The van der Waals surface area contributed by atoms with E-state index in [0.29, 0.717) is 17.9 Å². The molecule has 2 aliphatic rings. The molecule has 2 fully saturated rings. The molecule has 6 nitrogen and oxygen atoms in total. The average Bonchev–Trinajstić information content (AvgIpc) is 3.27. The topological polar surface area (TPSA) is 75.4 Å². The molecule has 3 unspecified atom stereocenters. The number of amides is 1. The van der Waals surface area contributed by atoms with Crippen LogP contribution < -0.4 is 0 Å². The van der Waals surface area contributed by atoms with Crippen LogP contribution in [0.5, 0.6) is 0 Å². The predicted molar refractivity (Wildman–Crippen MR) is 91.5 cm³/mol. The van der Waals surface area contributed by atoms with Crippen molar-refractivity contribution in [3.63, 3.8) is 0 Å². The molecule has 0 radical (unpaired) electrons. The Bertz CT molecular complexity index is 786. The monoisotopic (exact) mass is 339 g/mol. The lowest BCUT2D eigenvalue weighted by Crippen LogP contribution is -2.46. The quantitative estimate of drug-likeness (QED) is 0.933. The summed E-state index contributed by atoms with van der Waals surface area (Å²) in [5, 5.41) is 13.9. The number of hydrogen-bond acceptors (Lipinski definition) is 3. The number of aromatic nitrogens is 2. The van der Waals surface area contributed by atoms with Crippen molar-refractivity contribution in [1.82, 2.24) is 14.7 Å². The number of likely N-dealkylation sites (tertiary alicyclic amines) is 1. The summed E-state index contributed by atoms with van der Waals surface area (Å²) in [7, 11) is 0. The van der Waals surface area contributed by atoms with Gasteiger partial charge in [0, 0.05) is 12.2 Å². The van der Waals surface area contributed by atoms with Crippen molar-refractivity contribution in [3.05, 3.63) is 48.3 Å². The standard InChI is InChI=1S/C19H21N3O3/c23-18(14-11-20-21(12-14)15-7-2-1-3-8-15)22-16-9-5-4-6-13(16)10-17(22)19(24)25/h1-3,7-8,11-13,16-17H,4-6,9-10H2,(H,24,25). The zero-order valence-electron chi connectivity index (χ0n) is 13.9. The normalized spacial score (nSPS) is 25.6. The van der Waals surface area contributed by atoms with Crippen LogP contribution in [0.2, 0.25) is 0 Å². The summed E-state index contributed by atoms with van der Waals surface area (Å²) in [5.41, 5.74) is 1.31. The maximum absolute atomic E-state index is 13.1. The molecule has 6 heteroatoms. The lowest BCUT2D eigenvalue weighted by atomic mass is 9.84. The van der Waals surface area contributed by atoms with Crippen molar-refractivity contribution in [2.24, 2.45) is 5.92 Å². The SMILES string of the molecule is O=C(O)C1CC2CCCCC2N1C(=O)c1cnn(-c2ccccc2)c1. The molecular weight excluding hydrogens is 318 g/mol. The molecule has 3 atom stereocenters. The molecular formula is C19H21N3O3. The Morgan fingerprint density at radius 1 is 1.12 bits per heavy atom. The van der Waals surface area contributed by atoms with Crippen LogP contribution in [0.3, 0.4) is 0 Å². The number of benzene rings is 1. The molecule has 1 saturated carbocycles. The van der Waals surface area contributed by atoms with Gasteiger partial charge in [0.15, 0.2) is 0 Å². The Morgan fingerprint density at radius 2 is 1.88 bits per heavy atom. The maximum atomic E-state index is 13.1. The fraction of sp³-hybridized carbons (Fsp3) is 0.421. The second-order valence-corrected chi connectivity index (χ2v) is 6.92. The molecule has 2 aromatic rings. The van der Waals surface area contributed by atoms with Crippen LogP contribution in [0, 0.1) is 5.92 Å². The number of carboxylic acid groups (broad SMARTS) is 1. The molecule has 4 rings (SSSR count). The van der Waals surface area contributed by atoms with E-state index < -0.39 is 12.0 Å². The summed E-state index contributed by atoms with van der Waals surface area (Å²) in [6.07, 6.45) is 7.88. The van der Waals surface area contributed by atoms with Gasteiger partial charge in [-0.2, -0.15) is 5.10 Å².